The molecule has 0 heterocycles. The molecule has 3 rings (SSSR count). The Labute approximate surface area is 166 Å². The second-order valence-electron chi connectivity index (χ2n) is 5.77. The Bertz CT molecular complexity index is 1000. The Morgan fingerprint density at radius 1 is 1.11 bits per heavy atom. The van der Waals surface area contributed by atoms with E-state index in [1.54, 1.807) is 6.07 Å². The molecule has 0 fully saturated rings. The van der Waals surface area contributed by atoms with Gasteiger partial charge in [0.1, 0.15) is 5.75 Å². The lowest BCUT2D eigenvalue weighted by atomic mass is 10.1. The van der Waals surface area contributed by atoms with Crippen molar-refractivity contribution in [2.75, 3.05) is 7.11 Å². The molecule has 0 spiro atoms. The highest BCUT2D eigenvalue weighted by Gasteiger charge is 2.26. The van der Waals surface area contributed by atoms with Crippen molar-refractivity contribution in [3.05, 3.63) is 71.7 Å². The van der Waals surface area contributed by atoms with Gasteiger partial charge < -0.3 is 9.57 Å². The van der Waals surface area contributed by atoms with Crippen LogP contribution in [0, 0.1) is 20.2 Å². The van der Waals surface area contributed by atoms with E-state index in [0.717, 1.165) is 28.2 Å². The monoisotopic (exact) mass is 449 g/mol. The number of methoxy groups -OCH3 is 1. The summed E-state index contributed by atoms with van der Waals surface area (Å²) in [5.41, 5.74) is 0.608. The predicted octanol–water partition coefficient (Wildman–Crippen LogP) is 3.78. The van der Waals surface area contributed by atoms with Gasteiger partial charge in [-0.15, -0.1) is 0 Å². The fraction of sp³-hybridized carbons (Fsp3) is 0.176. The van der Waals surface area contributed by atoms with Gasteiger partial charge >= 0.3 is 5.97 Å². The SMILES string of the molecule is COc1ccc(Br)c2c1/C(=N\OC(=O)c1cc([N+](=O)[O-])cc([N+](=O)[O-])c1)CC2. The number of hydrogen-bond donors (Lipinski definition) is 0. The van der Waals surface area contributed by atoms with Crippen LogP contribution in [-0.4, -0.2) is 28.6 Å². The molecule has 144 valence electrons. The topological polar surface area (TPSA) is 134 Å². The highest BCUT2D eigenvalue weighted by atomic mass is 79.9. The number of hydrogen-bond acceptors (Lipinski definition) is 8. The summed E-state index contributed by atoms with van der Waals surface area (Å²) in [6, 6.07) is 6.15. The first kappa shape index (κ1) is 19.4. The van der Waals surface area contributed by atoms with Crippen LogP contribution in [0.2, 0.25) is 0 Å². The fourth-order valence-corrected chi connectivity index (χ4v) is 3.39. The van der Waals surface area contributed by atoms with Crippen molar-refractivity contribution in [3.63, 3.8) is 0 Å². The first-order valence-electron chi connectivity index (χ1n) is 7.89. The van der Waals surface area contributed by atoms with E-state index in [1.807, 2.05) is 6.07 Å². The van der Waals surface area contributed by atoms with E-state index >= 15 is 0 Å². The van der Waals surface area contributed by atoms with E-state index in [2.05, 4.69) is 21.1 Å². The number of nitro benzene ring substituents is 2. The number of benzene rings is 2. The second-order valence-corrected chi connectivity index (χ2v) is 6.63. The van der Waals surface area contributed by atoms with Crippen molar-refractivity contribution in [2.24, 2.45) is 5.16 Å². The normalized spacial score (nSPS) is 13.9. The molecule has 0 aliphatic heterocycles. The fourth-order valence-electron chi connectivity index (χ4n) is 2.86. The van der Waals surface area contributed by atoms with Gasteiger partial charge in [-0.05, 0) is 30.5 Å². The van der Waals surface area contributed by atoms with E-state index in [-0.39, 0.29) is 5.56 Å². The zero-order chi connectivity index (χ0) is 20.4. The second kappa shape index (κ2) is 7.72. The standard InChI is InChI=1S/C17H12BrN3O7/c1-27-15-5-3-13(18)12-2-4-14(16(12)15)19-28-17(22)9-6-10(20(23)24)8-11(7-9)21(25)26/h3,5-8H,2,4H2,1H3/b19-14-. The molecule has 0 aromatic heterocycles. The maximum atomic E-state index is 12.3. The van der Waals surface area contributed by atoms with Gasteiger partial charge in [-0.1, -0.05) is 21.1 Å². The number of oxime groups is 1. The Kier molecular flexibility index (Phi) is 5.36. The number of nitro groups is 2. The van der Waals surface area contributed by atoms with Crippen molar-refractivity contribution in [2.45, 2.75) is 12.8 Å². The highest BCUT2D eigenvalue weighted by molar-refractivity contribution is 9.10. The van der Waals surface area contributed by atoms with Crippen molar-refractivity contribution in [3.8, 4) is 5.75 Å². The lowest BCUT2D eigenvalue weighted by Crippen LogP contribution is -2.06. The number of carbonyl (C=O) groups excluding carboxylic acids is 1. The van der Waals surface area contributed by atoms with Crippen LogP contribution in [0.15, 0.2) is 40.0 Å². The summed E-state index contributed by atoms with van der Waals surface area (Å²) in [6.07, 6.45) is 1.16. The van der Waals surface area contributed by atoms with Crippen LogP contribution in [0.5, 0.6) is 5.75 Å². The molecule has 0 saturated carbocycles. The first-order valence-corrected chi connectivity index (χ1v) is 8.69. The Balaban J connectivity index is 1.91. The van der Waals surface area contributed by atoms with Gasteiger partial charge in [0.15, 0.2) is 0 Å². The average Bonchev–Trinajstić information content (AvgIpc) is 3.11. The largest absolute Gasteiger partial charge is 0.496 e. The molecule has 11 heteroatoms. The molecular weight excluding hydrogens is 438 g/mol. The van der Waals surface area contributed by atoms with Crippen LogP contribution >= 0.6 is 15.9 Å². The molecular formula is C17H12BrN3O7. The molecule has 0 N–H and O–H groups in total. The minimum Gasteiger partial charge on any atom is -0.496 e. The zero-order valence-corrected chi connectivity index (χ0v) is 16.0. The minimum absolute atomic E-state index is 0.343. The molecule has 2 aromatic rings. The Hall–Kier alpha value is -3.34. The number of halogens is 1. The van der Waals surface area contributed by atoms with E-state index < -0.39 is 27.2 Å². The molecule has 28 heavy (non-hydrogen) atoms. The van der Waals surface area contributed by atoms with Gasteiger partial charge in [-0.25, -0.2) is 4.79 Å². The number of ether oxygens (including phenoxy) is 1. The highest BCUT2D eigenvalue weighted by Crippen LogP contribution is 2.36. The van der Waals surface area contributed by atoms with Gasteiger partial charge in [-0.2, -0.15) is 0 Å². The molecule has 0 atom stereocenters. The minimum atomic E-state index is -1.04. The van der Waals surface area contributed by atoms with Crippen molar-refractivity contribution in [1.82, 2.24) is 0 Å². The third-order valence-electron chi connectivity index (χ3n) is 4.14. The summed E-state index contributed by atoms with van der Waals surface area (Å²) in [5, 5.41) is 25.8. The van der Waals surface area contributed by atoms with Gasteiger partial charge in [0.2, 0.25) is 0 Å². The van der Waals surface area contributed by atoms with E-state index in [4.69, 9.17) is 9.57 Å². The summed E-state index contributed by atoms with van der Waals surface area (Å²) < 4.78 is 6.20. The third kappa shape index (κ3) is 3.69. The van der Waals surface area contributed by atoms with Crippen molar-refractivity contribution >= 4 is 39.0 Å². The molecule has 1 aliphatic rings. The van der Waals surface area contributed by atoms with Crippen LogP contribution in [-0.2, 0) is 11.3 Å². The smallest absolute Gasteiger partial charge is 0.366 e. The molecule has 1 aliphatic carbocycles. The molecule has 0 amide bonds. The molecule has 0 radical (unpaired) electrons. The number of carbonyl (C=O) groups is 1. The van der Waals surface area contributed by atoms with E-state index in [1.165, 1.54) is 7.11 Å². The maximum absolute atomic E-state index is 12.3. The van der Waals surface area contributed by atoms with Gasteiger partial charge in [0.25, 0.3) is 11.4 Å². The number of nitrogens with zero attached hydrogens (tertiary/aromatic N) is 3. The summed E-state index contributed by atoms with van der Waals surface area (Å²) in [5.74, 6) is -0.474. The first-order chi connectivity index (χ1) is 13.3. The molecule has 10 nitrogen and oxygen atoms in total. The van der Waals surface area contributed by atoms with Gasteiger partial charge in [0.05, 0.1) is 34.3 Å². The summed E-state index contributed by atoms with van der Waals surface area (Å²) in [7, 11) is 1.51. The zero-order valence-electron chi connectivity index (χ0n) is 14.4. The molecule has 2 aromatic carbocycles. The number of fused-ring (bicyclic) bond motifs is 1. The Morgan fingerprint density at radius 3 is 2.32 bits per heavy atom. The van der Waals surface area contributed by atoms with Crippen LogP contribution in [0.25, 0.3) is 0 Å². The average molecular weight is 450 g/mol. The summed E-state index contributed by atoms with van der Waals surface area (Å²) >= 11 is 3.45. The third-order valence-corrected chi connectivity index (χ3v) is 4.88. The van der Waals surface area contributed by atoms with E-state index in [0.29, 0.717) is 29.9 Å². The maximum Gasteiger partial charge on any atom is 0.366 e. The predicted molar refractivity (Wildman–Crippen MR) is 101 cm³/mol. The molecule has 0 bridgehead atoms. The van der Waals surface area contributed by atoms with Crippen LogP contribution < -0.4 is 4.74 Å². The van der Waals surface area contributed by atoms with Gasteiger partial charge in [0, 0.05) is 22.2 Å². The number of non-ortho nitro benzene ring substituents is 2. The van der Waals surface area contributed by atoms with Crippen LogP contribution in [0.3, 0.4) is 0 Å². The quantitative estimate of drug-likeness (QED) is 0.384. The van der Waals surface area contributed by atoms with Gasteiger partial charge in [-0.3, -0.25) is 20.2 Å². The summed E-state index contributed by atoms with van der Waals surface area (Å²) in [6.45, 7) is 0. The molecule has 0 unspecified atom stereocenters. The lowest BCUT2D eigenvalue weighted by molar-refractivity contribution is -0.394. The van der Waals surface area contributed by atoms with Crippen LogP contribution in [0.1, 0.15) is 27.9 Å². The lowest BCUT2D eigenvalue weighted by Gasteiger charge is -2.09. The van der Waals surface area contributed by atoms with Crippen molar-refractivity contribution < 1.29 is 24.2 Å². The van der Waals surface area contributed by atoms with Crippen LogP contribution in [0.4, 0.5) is 11.4 Å². The number of rotatable bonds is 5. The summed E-state index contributed by atoms with van der Waals surface area (Å²) in [4.78, 5) is 37.4. The Morgan fingerprint density at radius 2 is 1.75 bits per heavy atom. The van der Waals surface area contributed by atoms with E-state index in [9.17, 15) is 25.0 Å². The van der Waals surface area contributed by atoms with Crippen molar-refractivity contribution in [1.29, 1.82) is 0 Å². The molecule has 0 saturated heterocycles.